The van der Waals surface area contributed by atoms with Gasteiger partial charge in [-0.15, -0.1) is 11.6 Å². The van der Waals surface area contributed by atoms with E-state index in [1.54, 1.807) is 19.2 Å². The van der Waals surface area contributed by atoms with Crippen molar-refractivity contribution in [3.05, 3.63) is 28.8 Å². The fourth-order valence-electron chi connectivity index (χ4n) is 1.80. The van der Waals surface area contributed by atoms with E-state index in [0.29, 0.717) is 5.02 Å². The van der Waals surface area contributed by atoms with Gasteiger partial charge < -0.3 is 0 Å². The van der Waals surface area contributed by atoms with E-state index in [1.165, 1.54) is 10.4 Å². The van der Waals surface area contributed by atoms with Gasteiger partial charge in [-0.2, -0.15) is 4.31 Å². The summed E-state index contributed by atoms with van der Waals surface area (Å²) in [6.45, 7) is 3.93. The van der Waals surface area contributed by atoms with Crippen LogP contribution >= 0.6 is 23.2 Å². The first kappa shape index (κ1) is 16.8. The summed E-state index contributed by atoms with van der Waals surface area (Å²) < 4.78 is 26.3. The highest BCUT2D eigenvalue weighted by molar-refractivity contribution is 7.89. The number of benzene rings is 1. The van der Waals surface area contributed by atoms with Gasteiger partial charge in [0, 0.05) is 24.0 Å². The van der Waals surface area contributed by atoms with Crippen LogP contribution in [0.2, 0.25) is 5.02 Å². The van der Waals surface area contributed by atoms with E-state index in [-0.39, 0.29) is 16.8 Å². The van der Waals surface area contributed by atoms with E-state index in [0.717, 1.165) is 18.4 Å². The van der Waals surface area contributed by atoms with Crippen LogP contribution < -0.4 is 0 Å². The molecule has 0 fully saturated rings. The maximum absolute atomic E-state index is 12.4. The van der Waals surface area contributed by atoms with Crippen molar-refractivity contribution >= 4 is 33.2 Å². The van der Waals surface area contributed by atoms with Crippen molar-refractivity contribution in [1.29, 1.82) is 0 Å². The van der Waals surface area contributed by atoms with Crippen LogP contribution in [0, 0.1) is 0 Å². The molecule has 0 radical (unpaired) electrons. The monoisotopic (exact) mass is 323 g/mol. The largest absolute Gasteiger partial charge is 0.243 e. The van der Waals surface area contributed by atoms with Gasteiger partial charge in [-0.3, -0.25) is 0 Å². The van der Waals surface area contributed by atoms with Crippen LogP contribution in [0.1, 0.15) is 32.3 Å². The molecule has 1 unspecified atom stereocenters. The average molecular weight is 324 g/mol. The zero-order chi connectivity index (χ0) is 14.6. The quantitative estimate of drug-likeness (QED) is 0.745. The molecule has 19 heavy (non-hydrogen) atoms. The number of sulfonamides is 1. The van der Waals surface area contributed by atoms with E-state index >= 15 is 0 Å². The maximum Gasteiger partial charge on any atom is 0.243 e. The van der Waals surface area contributed by atoms with Gasteiger partial charge in [0.1, 0.15) is 0 Å². The third-order valence-corrected chi connectivity index (χ3v) is 5.78. The molecule has 1 aromatic rings. The van der Waals surface area contributed by atoms with Crippen molar-refractivity contribution in [2.75, 3.05) is 7.05 Å². The summed E-state index contributed by atoms with van der Waals surface area (Å²) in [7, 11) is -1.91. The van der Waals surface area contributed by atoms with Gasteiger partial charge in [0.25, 0.3) is 0 Å². The van der Waals surface area contributed by atoms with Crippen molar-refractivity contribution in [3.63, 3.8) is 0 Å². The molecule has 1 rings (SSSR count). The second kappa shape index (κ2) is 6.93. The Morgan fingerprint density at radius 2 is 2.00 bits per heavy atom. The molecule has 6 heteroatoms. The van der Waals surface area contributed by atoms with Crippen LogP contribution in [0.3, 0.4) is 0 Å². The molecule has 0 N–H and O–H groups in total. The van der Waals surface area contributed by atoms with Crippen LogP contribution in [0.4, 0.5) is 0 Å². The van der Waals surface area contributed by atoms with Crippen LogP contribution in [-0.4, -0.2) is 25.8 Å². The fraction of sp³-hybridized carbons (Fsp3) is 0.538. The minimum absolute atomic E-state index is 0.0403. The van der Waals surface area contributed by atoms with Crippen LogP contribution in [0.5, 0.6) is 0 Å². The molecule has 0 amide bonds. The molecule has 0 saturated carbocycles. The molecular weight excluding hydrogens is 305 g/mol. The lowest BCUT2D eigenvalue weighted by Crippen LogP contribution is -2.35. The van der Waals surface area contributed by atoms with Crippen LogP contribution in [0.25, 0.3) is 0 Å². The van der Waals surface area contributed by atoms with E-state index in [2.05, 4.69) is 0 Å². The molecule has 0 aliphatic carbocycles. The summed E-state index contributed by atoms with van der Waals surface area (Å²) in [5.74, 6) is 0.265. The Labute approximate surface area is 125 Å². The molecule has 0 aliphatic heterocycles. The minimum atomic E-state index is -3.50. The second-order valence-corrected chi connectivity index (χ2v) is 7.22. The first-order valence-corrected chi connectivity index (χ1v) is 8.52. The third kappa shape index (κ3) is 3.85. The van der Waals surface area contributed by atoms with Crippen molar-refractivity contribution < 1.29 is 8.42 Å². The molecule has 0 heterocycles. The second-order valence-electron chi connectivity index (χ2n) is 4.55. The first-order chi connectivity index (χ1) is 8.84. The van der Waals surface area contributed by atoms with E-state index in [4.69, 9.17) is 23.2 Å². The van der Waals surface area contributed by atoms with Gasteiger partial charge >= 0.3 is 0 Å². The standard InChI is InChI=1S/C13H19Cl2NO2S/c1-4-5-10(2)16(3)19(17,18)12-7-6-11(9-14)13(15)8-12/h6-8,10H,4-5,9H2,1-3H3. The molecule has 0 aliphatic rings. The SMILES string of the molecule is CCCC(C)N(C)S(=O)(=O)c1ccc(CCl)c(Cl)c1. The van der Waals surface area contributed by atoms with Gasteiger partial charge in [0.2, 0.25) is 10.0 Å². The number of nitrogens with zero attached hydrogens (tertiary/aromatic N) is 1. The maximum atomic E-state index is 12.4. The van der Waals surface area contributed by atoms with Crippen molar-refractivity contribution in [1.82, 2.24) is 4.31 Å². The Balaban J connectivity index is 3.10. The van der Waals surface area contributed by atoms with Crippen molar-refractivity contribution in [2.24, 2.45) is 0 Å². The molecule has 0 aromatic heterocycles. The Hall–Kier alpha value is -0.290. The lowest BCUT2D eigenvalue weighted by Gasteiger charge is -2.24. The van der Waals surface area contributed by atoms with E-state index in [1.807, 2.05) is 13.8 Å². The van der Waals surface area contributed by atoms with Crippen LogP contribution in [0.15, 0.2) is 23.1 Å². The molecule has 108 valence electrons. The summed E-state index contributed by atoms with van der Waals surface area (Å²) in [6, 6.07) is 4.62. The Morgan fingerprint density at radius 1 is 1.37 bits per heavy atom. The Bertz CT molecular complexity index is 531. The zero-order valence-electron chi connectivity index (χ0n) is 11.4. The predicted octanol–water partition coefficient (Wildman–Crippen LogP) is 3.89. The summed E-state index contributed by atoms with van der Waals surface area (Å²) in [5, 5.41) is 0.382. The highest BCUT2D eigenvalue weighted by atomic mass is 35.5. The normalized spacial score (nSPS) is 13.8. The molecule has 3 nitrogen and oxygen atoms in total. The first-order valence-electron chi connectivity index (χ1n) is 6.17. The molecule has 0 saturated heterocycles. The number of alkyl halides is 1. The molecule has 0 bridgehead atoms. The topological polar surface area (TPSA) is 37.4 Å². The highest BCUT2D eigenvalue weighted by Gasteiger charge is 2.25. The van der Waals surface area contributed by atoms with E-state index < -0.39 is 10.0 Å². The predicted molar refractivity (Wildman–Crippen MR) is 80.3 cm³/mol. The molecule has 0 spiro atoms. The minimum Gasteiger partial charge on any atom is -0.207 e. The van der Waals surface area contributed by atoms with Gasteiger partial charge in [-0.05, 0) is 31.0 Å². The van der Waals surface area contributed by atoms with Crippen molar-refractivity contribution in [3.8, 4) is 0 Å². The van der Waals surface area contributed by atoms with Gasteiger partial charge in [0.05, 0.1) is 4.90 Å². The van der Waals surface area contributed by atoms with Gasteiger partial charge in [-0.25, -0.2) is 8.42 Å². The Kier molecular flexibility index (Phi) is 6.12. The van der Waals surface area contributed by atoms with Gasteiger partial charge in [0.15, 0.2) is 0 Å². The fourth-order valence-corrected chi connectivity index (χ4v) is 3.83. The number of hydrogen-bond donors (Lipinski definition) is 0. The molecule has 1 aromatic carbocycles. The summed E-state index contributed by atoms with van der Waals surface area (Å²) in [6.07, 6.45) is 1.76. The number of rotatable bonds is 6. The highest BCUT2D eigenvalue weighted by Crippen LogP contribution is 2.25. The van der Waals surface area contributed by atoms with Crippen molar-refractivity contribution in [2.45, 2.75) is 43.5 Å². The third-order valence-electron chi connectivity index (χ3n) is 3.17. The lowest BCUT2D eigenvalue weighted by atomic mass is 10.2. The summed E-state index contributed by atoms with van der Waals surface area (Å²) >= 11 is 11.7. The van der Waals surface area contributed by atoms with E-state index in [9.17, 15) is 8.42 Å². The average Bonchev–Trinajstić information content (AvgIpc) is 2.37. The Morgan fingerprint density at radius 3 is 2.47 bits per heavy atom. The summed E-state index contributed by atoms with van der Waals surface area (Å²) in [4.78, 5) is 0.205. The summed E-state index contributed by atoms with van der Waals surface area (Å²) in [5.41, 5.74) is 0.728. The molecule has 1 atom stereocenters. The molecular formula is C13H19Cl2NO2S. The van der Waals surface area contributed by atoms with Crippen LogP contribution in [-0.2, 0) is 15.9 Å². The zero-order valence-corrected chi connectivity index (χ0v) is 13.7. The van der Waals surface area contributed by atoms with Gasteiger partial charge in [-0.1, -0.05) is 31.0 Å². The smallest absolute Gasteiger partial charge is 0.207 e. The lowest BCUT2D eigenvalue weighted by molar-refractivity contribution is 0.369. The number of halogens is 2. The number of hydrogen-bond acceptors (Lipinski definition) is 2.